The van der Waals surface area contributed by atoms with Crippen LogP contribution in [0.2, 0.25) is 5.02 Å². The van der Waals surface area contributed by atoms with Crippen molar-refractivity contribution >= 4 is 40.6 Å². The lowest BCUT2D eigenvalue weighted by Crippen LogP contribution is -2.14. The van der Waals surface area contributed by atoms with Gasteiger partial charge in [0, 0.05) is 21.3 Å². The van der Waals surface area contributed by atoms with E-state index in [1.54, 1.807) is 24.3 Å². The van der Waals surface area contributed by atoms with Gasteiger partial charge in [-0.25, -0.2) is 0 Å². The second kappa shape index (κ2) is 6.68. The zero-order valence-electron chi connectivity index (χ0n) is 11.0. The van der Waals surface area contributed by atoms with Gasteiger partial charge in [0.15, 0.2) is 0 Å². The third kappa shape index (κ3) is 4.18. The number of anilines is 2. The number of aryl methyl sites for hydroxylation is 1. The number of carbonyl (C=O) groups is 1. The minimum atomic E-state index is -0.0719. The molecule has 0 aromatic heterocycles. The Labute approximate surface area is 127 Å². The van der Waals surface area contributed by atoms with Crippen LogP contribution in [-0.2, 0) is 4.79 Å². The molecule has 2 aromatic carbocycles. The number of thioether (sulfide) groups is 1. The maximum absolute atomic E-state index is 11.8. The largest absolute Gasteiger partial charge is 0.398 e. The smallest absolute Gasteiger partial charge is 0.234 e. The molecule has 0 spiro atoms. The molecule has 0 atom stereocenters. The molecule has 2 aromatic rings. The second-order valence-electron chi connectivity index (χ2n) is 4.39. The molecule has 0 saturated heterocycles. The molecule has 0 radical (unpaired) electrons. The Hall–Kier alpha value is -1.65. The van der Waals surface area contributed by atoms with Gasteiger partial charge in [0.2, 0.25) is 5.91 Å². The van der Waals surface area contributed by atoms with Crippen LogP contribution in [0, 0.1) is 6.92 Å². The summed E-state index contributed by atoms with van der Waals surface area (Å²) in [6.45, 7) is 1.98. The van der Waals surface area contributed by atoms with Gasteiger partial charge in [-0.3, -0.25) is 4.79 Å². The van der Waals surface area contributed by atoms with Gasteiger partial charge in [-0.15, -0.1) is 11.8 Å². The molecule has 0 heterocycles. The van der Waals surface area contributed by atoms with Crippen molar-refractivity contribution in [1.29, 1.82) is 0 Å². The first-order valence-corrected chi connectivity index (χ1v) is 7.45. The molecule has 0 unspecified atom stereocenters. The number of rotatable bonds is 4. The molecule has 20 heavy (non-hydrogen) atoms. The van der Waals surface area contributed by atoms with Crippen molar-refractivity contribution in [1.82, 2.24) is 0 Å². The number of amides is 1. The average Bonchev–Trinajstić information content (AvgIpc) is 2.40. The molecule has 0 bridgehead atoms. The van der Waals surface area contributed by atoms with E-state index in [-0.39, 0.29) is 5.91 Å². The maximum Gasteiger partial charge on any atom is 0.234 e. The van der Waals surface area contributed by atoms with Gasteiger partial charge < -0.3 is 11.1 Å². The average molecular weight is 307 g/mol. The Balaban J connectivity index is 1.90. The molecular formula is C15H15ClN2OS. The van der Waals surface area contributed by atoms with Gasteiger partial charge in [0.25, 0.3) is 0 Å². The second-order valence-corrected chi connectivity index (χ2v) is 5.84. The Morgan fingerprint density at radius 1 is 1.25 bits per heavy atom. The van der Waals surface area contributed by atoms with Gasteiger partial charge in [-0.2, -0.15) is 0 Å². The van der Waals surface area contributed by atoms with Crippen LogP contribution in [0.5, 0.6) is 0 Å². The number of nitrogens with two attached hydrogens (primary N) is 1. The van der Waals surface area contributed by atoms with E-state index in [4.69, 9.17) is 17.3 Å². The molecular weight excluding hydrogens is 292 g/mol. The molecule has 3 nitrogen and oxygen atoms in total. The number of hydrogen-bond acceptors (Lipinski definition) is 3. The van der Waals surface area contributed by atoms with Crippen LogP contribution in [0.3, 0.4) is 0 Å². The first kappa shape index (κ1) is 14.8. The van der Waals surface area contributed by atoms with Crippen molar-refractivity contribution in [3.05, 3.63) is 53.1 Å². The first-order chi connectivity index (χ1) is 9.54. The predicted octanol–water partition coefficient (Wildman–Crippen LogP) is 3.96. The topological polar surface area (TPSA) is 55.1 Å². The minimum absolute atomic E-state index is 0.0719. The highest BCUT2D eigenvalue weighted by atomic mass is 35.5. The molecule has 1 amide bonds. The fourth-order valence-corrected chi connectivity index (χ4v) is 2.55. The highest BCUT2D eigenvalue weighted by Crippen LogP contribution is 2.25. The fourth-order valence-electron chi connectivity index (χ4n) is 1.67. The molecule has 0 aliphatic heterocycles. The summed E-state index contributed by atoms with van der Waals surface area (Å²) in [4.78, 5) is 12.8. The van der Waals surface area contributed by atoms with E-state index < -0.39 is 0 Å². The summed E-state index contributed by atoms with van der Waals surface area (Å²) < 4.78 is 0. The van der Waals surface area contributed by atoms with Crippen LogP contribution >= 0.6 is 23.4 Å². The number of benzene rings is 2. The maximum atomic E-state index is 11.8. The highest BCUT2D eigenvalue weighted by Gasteiger charge is 2.06. The third-order valence-corrected chi connectivity index (χ3v) is 3.99. The molecule has 104 valence electrons. The Morgan fingerprint density at radius 2 is 1.95 bits per heavy atom. The number of nitrogen functional groups attached to an aromatic ring is 1. The summed E-state index contributed by atoms with van der Waals surface area (Å²) in [6.07, 6.45) is 0. The monoisotopic (exact) mass is 306 g/mol. The van der Waals surface area contributed by atoms with Crippen molar-refractivity contribution in [2.24, 2.45) is 0 Å². The van der Waals surface area contributed by atoms with Gasteiger partial charge in [-0.1, -0.05) is 17.7 Å². The Kier molecular flexibility index (Phi) is 4.93. The van der Waals surface area contributed by atoms with Gasteiger partial charge >= 0.3 is 0 Å². The lowest BCUT2D eigenvalue weighted by Gasteiger charge is -2.07. The number of carbonyl (C=O) groups excluding carboxylic acids is 1. The zero-order chi connectivity index (χ0) is 14.5. The fraction of sp³-hybridized carbons (Fsp3) is 0.133. The molecule has 5 heteroatoms. The molecule has 0 fully saturated rings. The summed E-state index contributed by atoms with van der Waals surface area (Å²) in [5.41, 5.74) is 8.45. The highest BCUT2D eigenvalue weighted by molar-refractivity contribution is 8.00. The van der Waals surface area contributed by atoms with E-state index in [1.807, 2.05) is 25.1 Å². The van der Waals surface area contributed by atoms with E-state index in [1.165, 1.54) is 11.8 Å². The van der Waals surface area contributed by atoms with Crippen molar-refractivity contribution in [2.45, 2.75) is 11.8 Å². The summed E-state index contributed by atoms with van der Waals surface area (Å²) in [6, 6.07) is 12.8. The molecule has 0 aliphatic carbocycles. The number of halogens is 1. The quantitative estimate of drug-likeness (QED) is 0.664. The summed E-state index contributed by atoms with van der Waals surface area (Å²) >= 11 is 7.21. The van der Waals surface area contributed by atoms with Gasteiger partial charge in [0.1, 0.15) is 0 Å². The number of hydrogen-bond donors (Lipinski definition) is 2. The molecule has 0 aliphatic rings. The lowest BCUT2D eigenvalue weighted by atomic mass is 10.2. The van der Waals surface area contributed by atoms with Crippen LogP contribution < -0.4 is 11.1 Å². The molecule has 0 saturated carbocycles. The first-order valence-electron chi connectivity index (χ1n) is 6.09. The standard InChI is InChI=1S/C15H15ClN2OS/c1-10-2-7-14(13(17)8-10)20-9-15(19)18-12-5-3-11(16)4-6-12/h2-8H,9,17H2,1H3,(H,18,19). The van der Waals surface area contributed by atoms with E-state index in [9.17, 15) is 4.79 Å². The van der Waals surface area contributed by atoms with Gasteiger partial charge in [-0.05, 0) is 48.9 Å². The summed E-state index contributed by atoms with van der Waals surface area (Å²) in [5, 5.41) is 3.45. The van der Waals surface area contributed by atoms with Crippen molar-refractivity contribution in [3.8, 4) is 0 Å². The summed E-state index contributed by atoms with van der Waals surface area (Å²) in [7, 11) is 0. The van der Waals surface area contributed by atoms with E-state index >= 15 is 0 Å². The van der Waals surface area contributed by atoms with Crippen LogP contribution in [0.4, 0.5) is 11.4 Å². The van der Waals surface area contributed by atoms with Crippen LogP contribution in [0.25, 0.3) is 0 Å². The van der Waals surface area contributed by atoms with E-state index in [2.05, 4.69) is 5.32 Å². The van der Waals surface area contributed by atoms with E-state index in [0.717, 1.165) is 16.1 Å². The van der Waals surface area contributed by atoms with Crippen molar-refractivity contribution < 1.29 is 4.79 Å². The normalized spacial score (nSPS) is 10.3. The summed E-state index contributed by atoms with van der Waals surface area (Å²) in [5.74, 6) is 0.243. The Morgan fingerprint density at radius 3 is 2.60 bits per heavy atom. The Bertz CT molecular complexity index is 614. The van der Waals surface area contributed by atoms with Crippen molar-refractivity contribution in [2.75, 3.05) is 16.8 Å². The van der Waals surface area contributed by atoms with Crippen molar-refractivity contribution in [3.63, 3.8) is 0 Å². The third-order valence-electron chi connectivity index (χ3n) is 2.65. The lowest BCUT2D eigenvalue weighted by molar-refractivity contribution is -0.113. The van der Waals surface area contributed by atoms with Crippen LogP contribution in [-0.4, -0.2) is 11.7 Å². The van der Waals surface area contributed by atoms with E-state index in [0.29, 0.717) is 16.5 Å². The van der Waals surface area contributed by atoms with Gasteiger partial charge in [0.05, 0.1) is 5.75 Å². The van der Waals surface area contributed by atoms with Crippen LogP contribution in [0.15, 0.2) is 47.4 Å². The number of nitrogens with one attached hydrogen (secondary N) is 1. The molecule has 2 rings (SSSR count). The minimum Gasteiger partial charge on any atom is -0.398 e. The van der Waals surface area contributed by atoms with Crippen LogP contribution in [0.1, 0.15) is 5.56 Å². The SMILES string of the molecule is Cc1ccc(SCC(=O)Nc2ccc(Cl)cc2)c(N)c1. The predicted molar refractivity (Wildman–Crippen MR) is 86.4 cm³/mol. The molecule has 3 N–H and O–H groups in total. The zero-order valence-corrected chi connectivity index (χ0v) is 12.6.